The van der Waals surface area contributed by atoms with Crippen LogP contribution in [0.3, 0.4) is 0 Å². The van der Waals surface area contributed by atoms with Crippen LogP contribution in [0.2, 0.25) is 0 Å². The number of rotatable bonds is 9. The minimum atomic E-state index is -4.34. The van der Waals surface area contributed by atoms with Gasteiger partial charge in [-0.25, -0.2) is 4.98 Å². The van der Waals surface area contributed by atoms with Crippen LogP contribution in [0.5, 0.6) is 0 Å². The Morgan fingerprint density at radius 3 is 2.41 bits per heavy atom. The van der Waals surface area contributed by atoms with E-state index in [0.29, 0.717) is 24.6 Å². The molecule has 39 heavy (non-hydrogen) atoms. The van der Waals surface area contributed by atoms with Gasteiger partial charge in [-0.2, -0.15) is 13.2 Å². The first-order chi connectivity index (χ1) is 18.8. The lowest BCUT2D eigenvalue weighted by Crippen LogP contribution is -2.37. The number of benzene rings is 2. The molecular formula is C30H32F3N5O. The number of imidazole rings is 1. The molecule has 1 aliphatic heterocycles. The number of alkyl halides is 3. The minimum Gasteiger partial charge on any atom is -0.347 e. The molecule has 0 aliphatic carbocycles. The van der Waals surface area contributed by atoms with E-state index < -0.39 is 11.7 Å². The van der Waals surface area contributed by atoms with Crippen molar-refractivity contribution in [3.8, 4) is 5.69 Å². The van der Waals surface area contributed by atoms with Gasteiger partial charge in [-0.3, -0.25) is 9.69 Å². The molecule has 4 aromatic rings. The largest absolute Gasteiger partial charge is 0.416 e. The lowest BCUT2D eigenvalue weighted by atomic mass is 9.92. The second-order valence-corrected chi connectivity index (χ2v) is 10.2. The molecule has 204 valence electrons. The van der Waals surface area contributed by atoms with E-state index in [1.54, 1.807) is 12.5 Å². The Morgan fingerprint density at radius 1 is 1.00 bits per heavy atom. The molecule has 1 saturated heterocycles. The molecule has 1 atom stereocenters. The molecule has 2 aromatic heterocycles. The van der Waals surface area contributed by atoms with Crippen LogP contribution < -0.4 is 5.32 Å². The second kappa shape index (κ2) is 11.9. The van der Waals surface area contributed by atoms with Crippen molar-refractivity contribution < 1.29 is 18.0 Å². The maximum absolute atomic E-state index is 13.0. The molecule has 0 saturated carbocycles. The Balaban J connectivity index is 1.10. The van der Waals surface area contributed by atoms with Crippen LogP contribution in [0.4, 0.5) is 13.2 Å². The summed E-state index contributed by atoms with van der Waals surface area (Å²) in [6, 6.07) is 17.1. The van der Waals surface area contributed by atoms with Crippen molar-refractivity contribution in [1.29, 1.82) is 0 Å². The molecule has 0 spiro atoms. The van der Waals surface area contributed by atoms with Gasteiger partial charge >= 0.3 is 6.18 Å². The third-order valence-corrected chi connectivity index (χ3v) is 7.32. The molecule has 1 amide bonds. The van der Waals surface area contributed by atoms with Crippen LogP contribution in [0.25, 0.3) is 5.69 Å². The Kier molecular flexibility index (Phi) is 8.16. The topological polar surface area (TPSA) is 55.1 Å². The first kappa shape index (κ1) is 26.7. The van der Waals surface area contributed by atoms with Crippen molar-refractivity contribution in [2.75, 3.05) is 13.1 Å². The first-order valence-corrected chi connectivity index (χ1v) is 13.2. The van der Waals surface area contributed by atoms with Crippen LogP contribution in [-0.4, -0.2) is 38.0 Å². The lowest BCUT2D eigenvalue weighted by Gasteiger charge is -2.31. The summed E-state index contributed by atoms with van der Waals surface area (Å²) in [5, 5.41) is 3.23. The molecule has 1 unspecified atom stereocenters. The van der Waals surface area contributed by atoms with Crippen molar-refractivity contribution in [1.82, 2.24) is 24.3 Å². The van der Waals surface area contributed by atoms with Gasteiger partial charge in [-0.05, 0) is 73.3 Å². The smallest absolute Gasteiger partial charge is 0.347 e. The molecule has 1 N–H and O–H groups in total. The highest BCUT2D eigenvalue weighted by molar-refractivity contribution is 5.76. The number of hydrogen-bond donors (Lipinski definition) is 1. The number of carbonyl (C=O) groups is 1. The quantitative estimate of drug-likeness (QED) is 0.293. The van der Waals surface area contributed by atoms with Crippen LogP contribution >= 0.6 is 0 Å². The predicted octanol–water partition coefficient (Wildman–Crippen LogP) is 5.85. The highest BCUT2D eigenvalue weighted by atomic mass is 19.4. The van der Waals surface area contributed by atoms with Gasteiger partial charge in [0.05, 0.1) is 17.9 Å². The van der Waals surface area contributed by atoms with E-state index in [2.05, 4.69) is 15.2 Å². The van der Waals surface area contributed by atoms with E-state index in [9.17, 15) is 18.0 Å². The number of halogens is 3. The summed E-state index contributed by atoms with van der Waals surface area (Å²) in [5.41, 5.74) is 2.22. The number of hydrogen-bond acceptors (Lipinski definition) is 3. The maximum Gasteiger partial charge on any atom is 0.416 e. The monoisotopic (exact) mass is 535 g/mol. The van der Waals surface area contributed by atoms with E-state index in [0.717, 1.165) is 55.7 Å². The number of carbonyl (C=O) groups excluding carboxylic acids is 1. The number of likely N-dealkylation sites (tertiary alicyclic amines) is 1. The summed E-state index contributed by atoms with van der Waals surface area (Å²) in [7, 11) is 0. The number of aromatic nitrogens is 3. The highest BCUT2D eigenvalue weighted by Crippen LogP contribution is 2.30. The first-order valence-electron chi connectivity index (χ1n) is 13.2. The number of nitrogens with zero attached hydrogens (tertiary/aromatic N) is 4. The van der Waals surface area contributed by atoms with Crippen molar-refractivity contribution >= 4 is 5.91 Å². The Labute approximate surface area is 226 Å². The van der Waals surface area contributed by atoms with E-state index >= 15 is 0 Å². The molecule has 0 radical (unpaired) electrons. The molecule has 1 fully saturated rings. The zero-order chi connectivity index (χ0) is 27.2. The third-order valence-electron chi connectivity index (χ3n) is 7.32. The van der Waals surface area contributed by atoms with Crippen molar-refractivity contribution in [3.05, 3.63) is 108 Å². The number of nitrogens with one attached hydrogen (secondary N) is 1. The Bertz CT molecular complexity index is 1330. The standard InChI is InChI=1S/C30H32F3N5O/c31-30(32,33)26-6-8-27(9-7-26)38-16-12-24(20-38)19-36-14-10-23(11-15-36)18-29(39)35-28(21-37-17-13-34-22-37)25-4-2-1-3-5-25/h1-9,12-13,16-17,20,22-23,28H,10-11,14-15,18-19,21H2,(H,35,39). The van der Waals surface area contributed by atoms with E-state index in [1.807, 2.05) is 64.1 Å². The molecule has 9 heteroatoms. The lowest BCUT2D eigenvalue weighted by molar-refractivity contribution is -0.137. The van der Waals surface area contributed by atoms with Gasteiger partial charge in [0.1, 0.15) is 0 Å². The predicted molar refractivity (Wildman–Crippen MR) is 143 cm³/mol. The molecular weight excluding hydrogens is 503 g/mol. The molecule has 3 heterocycles. The summed E-state index contributed by atoms with van der Waals surface area (Å²) in [6.45, 7) is 3.20. The fraction of sp³-hybridized carbons (Fsp3) is 0.333. The van der Waals surface area contributed by atoms with Gasteiger partial charge in [-0.15, -0.1) is 0 Å². The summed E-state index contributed by atoms with van der Waals surface area (Å²) >= 11 is 0. The number of piperidine rings is 1. The fourth-order valence-electron chi connectivity index (χ4n) is 5.17. The zero-order valence-corrected chi connectivity index (χ0v) is 21.6. The summed E-state index contributed by atoms with van der Waals surface area (Å²) in [6.07, 6.45) is 7.30. The average molecular weight is 536 g/mol. The Morgan fingerprint density at radius 2 is 1.74 bits per heavy atom. The molecule has 5 rings (SSSR count). The van der Waals surface area contributed by atoms with Gasteiger partial charge in [0.15, 0.2) is 0 Å². The summed E-state index contributed by atoms with van der Waals surface area (Å²) in [5.74, 6) is 0.402. The average Bonchev–Trinajstić information content (AvgIpc) is 3.62. The molecule has 1 aliphatic rings. The molecule has 2 aromatic carbocycles. The minimum absolute atomic E-state index is 0.0658. The molecule has 6 nitrogen and oxygen atoms in total. The van der Waals surface area contributed by atoms with Crippen molar-refractivity contribution in [2.45, 2.75) is 44.6 Å². The van der Waals surface area contributed by atoms with Crippen molar-refractivity contribution in [2.24, 2.45) is 5.92 Å². The van der Waals surface area contributed by atoms with Gasteiger partial charge < -0.3 is 14.5 Å². The summed E-state index contributed by atoms with van der Waals surface area (Å²) < 4.78 is 42.3. The van der Waals surface area contributed by atoms with Gasteiger partial charge in [0, 0.05) is 50.0 Å². The maximum atomic E-state index is 13.0. The van der Waals surface area contributed by atoms with Gasteiger partial charge in [-0.1, -0.05) is 30.3 Å². The SMILES string of the molecule is O=C(CC1CCN(Cc2ccn(-c3ccc(C(F)(F)F)cc3)c2)CC1)NC(Cn1ccnc1)c1ccccc1. The van der Waals surface area contributed by atoms with E-state index in [1.165, 1.54) is 12.1 Å². The van der Waals surface area contributed by atoms with Crippen LogP contribution in [0.15, 0.2) is 91.8 Å². The van der Waals surface area contributed by atoms with Gasteiger partial charge in [0.25, 0.3) is 0 Å². The van der Waals surface area contributed by atoms with Crippen molar-refractivity contribution in [3.63, 3.8) is 0 Å². The van der Waals surface area contributed by atoms with E-state index in [4.69, 9.17) is 0 Å². The van der Waals surface area contributed by atoms with E-state index in [-0.39, 0.29) is 11.9 Å². The number of amides is 1. The fourth-order valence-corrected chi connectivity index (χ4v) is 5.17. The van der Waals surface area contributed by atoms with Crippen LogP contribution in [0, 0.1) is 5.92 Å². The third kappa shape index (κ3) is 7.17. The molecule has 0 bridgehead atoms. The van der Waals surface area contributed by atoms with Crippen LogP contribution in [0.1, 0.15) is 42.0 Å². The normalized spacial score (nSPS) is 15.8. The highest BCUT2D eigenvalue weighted by Gasteiger charge is 2.30. The second-order valence-electron chi connectivity index (χ2n) is 10.2. The van der Waals surface area contributed by atoms with Crippen LogP contribution in [-0.2, 0) is 24.1 Å². The Hall–Kier alpha value is -3.85. The zero-order valence-electron chi connectivity index (χ0n) is 21.6. The van der Waals surface area contributed by atoms with Gasteiger partial charge in [0.2, 0.25) is 5.91 Å². The summed E-state index contributed by atoms with van der Waals surface area (Å²) in [4.78, 5) is 19.5.